The van der Waals surface area contributed by atoms with Crippen LogP contribution < -0.4 is 0 Å². The number of rotatable bonds is 10. The molecule has 6 nitrogen and oxygen atoms in total. The summed E-state index contributed by atoms with van der Waals surface area (Å²) in [4.78, 5) is 22.9. The Morgan fingerprint density at radius 3 is 2.52 bits per heavy atom. The second-order valence-corrected chi connectivity index (χ2v) is 8.69. The first-order chi connectivity index (χ1) is 12.9. The van der Waals surface area contributed by atoms with Crippen LogP contribution in [-0.4, -0.2) is 29.3 Å². The van der Waals surface area contributed by atoms with Gasteiger partial charge in [-0.05, 0) is 56.3 Å². The Kier molecular flexibility index (Phi) is 6.22. The minimum Gasteiger partial charge on any atom is -0.481 e. The van der Waals surface area contributed by atoms with Crippen LogP contribution in [0.15, 0.2) is 4.52 Å². The van der Waals surface area contributed by atoms with E-state index in [1.54, 1.807) is 0 Å². The average Bonchev–Trinajstić information content (AvgIpc) is 3.32. The molecule has 0 saturated heterocycles. The van der Waals surface area contributed by atoms with Gasteiger partial charge < -0.3 is 14.4 Å². The third-order valence-electron chi connectivity index (χ3n) is 5.91. The number of esters is 1. The van der Waals surface area contributed by atoms with Crippen LogP contribution in [0.2, 0.25) is 0 Å². The van der Waals surface area contributed by atoms with E-state index in [0.717, 1.165) is 48.6 Å². The fourth-order valence-corrected chi connectivity index (χ4v) is 4.44. The van der Waals surface area contributed by atoms with E-state index in [0.29, 0.717) is 24.2 Å². The summed E-state index contributed by atoms with van der Waals surface area (Å²) in [6.07, 6.45) is 6.32. The molecule has 1 aromatic heterocycles. The van der Waals surface area contributed by atoms with E-state index >= 15 is 0 Å². The molecule has 6 heteroatoms. The second kappa shape index (κ2) is 8.44. The molecule has 1 atom stereocenters. The molecule has 27 heavy (non-hydrogen) atoms. The molecular weight excluding hydrogens is 346 g/mol. The summed E-state index contributed by atoms with van der Waals surface area (Å²) in [7, 11) is 1.35. The van der Waals surface area contributed by atoms with Gasteiger partial charge in [-0.3, -0.25) is 9.59 Å². The first kappa shape index (κ1) is 19.9. The first-order valence-electron chi connectivity index (χ1n) is 10.2. The van der Waals surface area contributed by atoms with E-state index < -0.39 is 5.97 Å². The molecule has 1 aromatic rings. The van der Waals surface area contributed by atoms with Gasteiger partial charge in [-0.15, -0.1) is 0 Å². The minimum atomic E-state index is -0.878. The lowest BCUT2D eigenvalue weighted by molar-refractivity contribution is -0.142. The van der Waals surface area contributed by atoms with E-state index in [4.69, 9.17) is 9.26 Å². The molecule has 1 N–H and O–H groups in total. The number of carboxylic acids is 1. The van der Waals surface area contributed by atoms with Crippen LogP contribution in [-0.2, 0) is 14.3 Å². The average molecular weight is 377 g/mol. The van der Waals surface area contributed by atoms with E-state index in [2.05, 4.69) is 19.0 Å². The topological polar surface area (TPSA) is 89.6 Å². The number of hydrogen-bond donors (Lipinski definition) is 1. The Hall–Kier alpha value is -1.85. The van der Waals surface area contributed by atoms with E-state index in [1.807, 2.05) is 0 Å². The summed E-state index contributed by atoms with van der Waals surface area (Å²) in [6.45, 7) is 4.51. The Morgan fingerprint density at radius 2 is 1.96 bits per heavy atom. The lowest BCUT2D eigenvalue weighted by atomic mass is 9.69. The molecule has 2 aliphatic carbocycles. The van der Waals surface area contributed by atoms with Gasteiger partial charge in [0.15, 0.2) is 0 Å². The van der Waals surface area contributed by atoms with Crippen molar-refractivity contribution in [1.82, 2.24) is 5.16 Å². The zero-order chi connectivity index (χ0) is 19.6. The maximum absolute atomic E-state index is 11.5. The highest BCUT2D eigenvalue weighted by molar-refractivity contribution is 5.70. The molecule has 0 amide bonds. The van der Waals surface area contributed by atoms with Crippen molar-refractivity contribution >= 4 is 11.9 Å². The zero-order valence-electron chi connectivity index (χ0n) is 16.6. The molecule has 150 valence electrons. The predicted molar refractivity (Wildman–Crippen MR) is 99.6 cm³/mol. The Labute approximate surface area is 160 Å². The van der Waals surface area contributed by atoms with Crippen LogP contribution in [0.5, 0.6) is 0 Å². The molecule has 0 spiro atoms. The lowest BCUT2D eigenvalue weighted by Gasteiger charge is -2.35. The number of carboxylic acid groups (broad SMARTS) is 1. The molecule has 2 aliphatic rings. The Bertz CT molecular complexity index is 670. The predicted octanol–water partition coefficient (Wildman–Crippen LogP) is 4.60. The molecule has 3 rings (SSSR count). The maximum atomic E-state index is 11.5. The summed E-state index contributed by atoms with van der Waals surface area (Å²) in [5.74, 6) is 1.81. The highest BCUT2D eigenvalue weighted by Crippen LogP contribution is 2.52. The van der Waals surface area contributed by atoms with Crippen molar-refractivity contribution in [2.24, 2.45) is 11.8 Å². The largest absolute Gasteiger partial charge is 0.481 e. The zero-order valence-corrected chi connectivity index (χ0v) is 16.6. The monoisotopic (exact) mass is 377 g/mol. The molecule has 0 bridgehead atoms. The van der Waals surface area contributed by atoms with E-state index in [-0.39, 0.29) is 24.7 Å². The standard InChI is InChI=1S/C21H31NO5/c1-12(2)8-13-9-16(10-13)21-19(14-4-5-14)20(22-27-21)15(11-17(23)24)6-7-18(25)26-3/h12-16H,4-11H2,1-3H3,(H,23,24)/t13-,15-,16+/m0/s1. The normalized spacial score (nSPS) is 23.1. The van der Waals surface area contributed by atoms with Gasteiger partial charge in [0, 0.05) is 23.8 Å². The summed E-state index contributed by atoms with van der Waals surface area (Å²) < 4.78 is 10.5. The summed E-state index contributed by atoms with van der Waals surface area (Å²) in [5.41, 5.74) is 1.92. The molecule has 0 aliphatic heterocycles. The number of aromatic nitrogens is 1. The molecular formula is C21H31NO5. The molecule has 0 unspecified atom stereocenters. The SMILES string of the molecule is COC(=O)CC[C@@H](CC(=O)O)c1noc([C@H]2C[C@@H](CC(C)C)C2)c1C1CC1. The van der Waals surface area contributed by atoms with Gasteiger partial charge in [-0.25, -0.2) is 0 Å². The Balaban J connectivity index is 1.76. The van der Waals surface area contributed by atoms with E-state index in [1.165, 1.54) is 13.5 Å². The molecule has 0 aromatic carbocycles. The van der Waals surface area contributed by atoms with Gasteiger partial charge in [-0.1, -0.05) is 19.0 Å². The number of ether oxygens (including phenoxy) is 1. The van der Waals surface area contributed by atoms with Gasteiger partial charge in [0.05, 0.1) is 19.2 Å². The van der Waals surface area contributed by atoms with Gasteiger partial charge in [0.25, 0.3) is 0 Å². The lowest BCUT2D eigenvalue weighted by Crippen LogP contribution is -2.23. The first-order valence-corrected chi connectivity index (χ1v) is 10.2. The third kappa shape index (κ3) is 4.90. The van der Waals surface area contributed by atoms with Crippen LogP contribution in [0, 0.1) is 11.8 Å². The van der Waals surface area contributed by atoms with Crippen molar-refractivity contribution in [3.63, 3.8) is 0 Å². The minimum absolute atomic E-state index is 0.0384. The van der Waals surface area contributed by atoms with Gasteiger partial charge in [0.2, 0.25) is 0 Å². The van der Waals surface area contributed by atoms with Crippen molar-refractivity contribution < 1.29 is 24.0 Å². The van der Waals surface area contributed by atoms with Crippen LogP contribution in [0.3, 0.4) is 0 Å². The second-order valence-electron chi connectivity index (χ2n) is 8.69. The van der Waals surface area contributed by atoms with Crippen LogP contribution in [0.25, 0.3) is 0 Å². The maximum Gasteiger partial charge on any atom is 0.305 e. The van der Waals surface area contributed by atoms with Crippen LogP contribution in [0.4, 0.5) is 0 Å². The van der Waals surface area contributed by atoms with E-state index in [9.17, 15) is 14.7 Å². The number of carbonyl (C=O) groups is 2. The van der Waals surface area contributed by atoms with Crippen LogP contribution >= 0.6 is 0 Å². The molecule has 2 fully saturated rings. The highest BCUT2D eigenvalue weighted by atomic mass is 16.5. The quantitative estimate of drug-likeness (QED) is 0.599. The van der Waals surface area contributed by atoms with Crippen molar-refractivity contribution in [3.05, 3.63) is 17.0 Å². The number of aliphatic carboxylic acids is 1. The van der Waals surface area contributed by atoms with Gasteiger partial charge >= 0.3 is 11.9 Å². The number of carbonyl (C=O) groups excluding carboxylic acids is 1. The number of nitrogens with zero attached hydrogens (tertiary/aromatic N) is 1. The van der Waals surface area contributed by atoms with Crippen molar-refractivity contribution in [2.45, 2.75) is 83.0 Å². The fraction of sp³-hybridized carbons (Fsp3) is 0.762. The van der Waals surface area contributed by atoms with Gasteiger partial charge in [0.1, 0.15) is 5.76 Å². The number of methoxy groups -OCH3 is 1. The fourth-order valence-electron chi connectivity index (χ4n) is 4.44. The Morgan fingerprint density at radius 1 is 1.26 bits per heavy atom. The van der Waals surface area contributed by atoms with Crippen molar-refractivity contribution in [3.8, 4) is 0 Å². The summed E-state index contributed by atoms with van der Waals surface area (Å²) in [6, 6.07) is 0. The van der Waals surface area contributed by atoms with Crippen LogP contribution in [0.1, 0.15) is 100.0 Å². The summed E-state index contributed by atoms with van der Waals surface area (Å²) >= 11 is 0. The highest BCUT2D eigenvalue weighted by Gasteiger charge is 2.41. The van der Waals surface area contributed by atoms with Crippen molar-refractivity contribution in [1.29, 1.82) is 0 Å². The van der Waals surface area contributed by atoms with Crippen molar-refractivity contribution in [2.75, 3.05) is 7.11 Å². The van der Waals surface area contributed by atoms with Gasteiger partial charge in [-0.2, -0.15) is 0 Å². The summed E-state index contributed by atoms with van der Waals surface area (Å²) in [5, 5.41) is 13.7. The molecule has 2 saturated carbocycles. The molecule has 0 radical (unpaired) electrons. The number of hydrogen-bond acceptors (Lipinski definition) is 5. The molecule has 1 heterocycles. The smallest absolute Gasteiger partial charge is 0.305 e. The third-order valence-corrected chi connectivity index (χ3v) is 5.91.